The van der Waals surface area contributed by atoms with Gasteiger partial charge in [0.15, 0.2) is 5.22 Å². The summed E-state index contributed by atoms with van der Waals surface area (Å²) in [5.41, 5.74) is 2.73. The fourth-order valence-electron chi connectivity index (χ4n) is 1.32. The molecule has 0 radical (unpaired) electrons. The van der Waals surface area contributed by atoms with Crippen molar-refractivity contribution in [2.75, 3.05) is 0 Å². The second-order valence-corrected chi connectivity index (χ2v) is 4.20. The number of rotatable bonds is 5. The van der Waals surface area contributed by atoms with Crippen LogP contribution in [0.5, 0.6) is 0 Å². The lowest BCUT2D eigenvalue weighted by atomic mass is 10.0. The molecule has 80 valence electrons. The molecule has 4 heteroatoms. The Morgan fingerprint density at radius 3 is 2.57 bits per heavy atom. The Balaban J connectivity index is 2.54. The van der Waals surface area contributed by atoms with E-state index in [4.69, 9.17) is 21.9 Å². The Bertz CT molecular complexity index is 273. The predicted octanol–water partition coefficient (Wildman–Crippen LogP) is 2.87. The van der Waals surface area contributed by atoms with Gasteiger partial charge in [-0.05, 0) is 42.5 Å². The van der Waals surface area contributed by atoms with Crippen LogP contribution in [0.25, 0.3) is 0 Å². The zero-order valence-electron chi connectivity index (χ0n) is 8.59. The third kappa shape index (κ3) is 3.33. The van der Waals surface area contributed by atoms with Gasteiger partial charge < -0.3 is 4.42 Å². The van der Waals surface area contributed by atoms with Crippen LogP contribution in [-0.2, 0) is 0 Å². The number of nitrogens with one attached hydrogen (secondary N) is 1. The molecule has 14 heavy (non-hydrogen) atoms. The molecule has 1 atom stereocenters. The van der Waals surface area contributed by atoms with E-state index < -0.39 is 0 Å². The van der Waals surface area contributed by atoms with Crippen molar-refractivity contribution in [3.63, 3.8) is 0 Å². The molecule has 0 saturated heterocycles. The van der Waals surface area contributed by atoms with Crippen molar-refractivity contribution in [1.29, 1.82) is 0 Å². The highest BCUT2D eigenvalue weighted by atomic mass is 35.5. The second-order valence-electron chi connectivity index (χ2n) is 3.83. The molecule has 0 amide bonds. The van der Waals surface area contributed by atoms with Gasteiger partial charge in [-0.15, -0.1) is 0 Å². The van der Waals surface area contributed by atoms with Gasteiger partial charge in [0.2, 0.25) is 0 Å². The Labute approximate surface area is 89.6 Å². The molecular formula is C10H17ClN2O. The zero-order valence-corrected chi connectivity index (χ0v) is 9.34. The summed E-state index contributed by atoms with van der Waals surface area (Å²) >= 11 is 5.69. The summed E-state index contributed by atoms with van der Waals surface area (Å²) in [5.74, 6) is 6.91. The maximum Gasteiger partial charge on any atom is 0.193 e. The van der Waals surface area contributed by atoms with Crippen LogP contribution in [0.1, 0.15) is 38.5 Å². The molecule has 0 aliphatic rings. The minimum absolute atomic E-state index is 0.0601. The van der Waals surface area contributed by atoms with Gasteiger partial charge in [-0.2, -0.15) is 0 Å². The molecule has 1 unspecified atom stereocenters. The summed E-state index contributed by atoms with van der Waals surface area (Å²) in [4.78, 5) is 0. The van der Waals surface area contributed by atoms with E-state index in [1.54, 1.807) is 6.07 Å². The smallest absolute Gasteiger partial charge is 0.193 e. The summed E-state index contributed by atoms with van der Waals surface area (Å²) in [6.07, 6.45) is 2.06. The number of furan rings is 1. The molecular weight excluding hydrogens is 200 g/mol. The molecule has 0 fully saturated rings. The van der Waals surface area contributed by atoms with Gasteiger partial charge in [0.25, 0.3) is 0 Å². The average Bonchev–Trinajstić information content (AvgIpc) is 2.53. The average molecular weight is 217 g/mol. The first-order valence-electron chi connectivity index (χ1n) is 4.85. The SMILES string of the molecule is CC(C)CCC(NN)c1ccc(Cl)o1. The monoisotopic (exact) mass is 216 g/mol. The van der Waals surface area contributed by atoms with Crippen LogP contribution in [0.2, 0.25) is 5.22 Å². The minimum atomic E-state index is 0.0601. The normalized spacial score (nSPS) is 13.5. The highest BCUT2D eigenvalue weighted by Crippen LogP contribution is 2.24. The molecule has 1 aromatic heterocycles. The highest BCUT2D eigenvalue weighted by Gasteiger charge is 2.13. The van der Waals surface area contributed by atoms with E-state index in [9.17, 15) is 0 Å². The van der Waals surface area contributed by atoms with Crippen LogP contribution in [-0.4, -0.2) is 0 Å². The van der Waals surface area contributed by atoms with Crippen LogP contribution in [0.4, 0.5) is 0 Å². The largest absolute Gasteiger partial charge is 0.448 e. The maximum absolute atomic E-state index is 5.69. The number of nitrogens with two attached hydrogens (primary N) is 1. The lowest BCUT2D eigenvalue weighted by Crippen LogP contribution is -2.27. The number of halogens is 1. The van der Waals surface area contributed by atoms with Gasteiger partial charge in [0.1, 0.15) is 5.76 Å². The number of hydrogen-bond donors (Lipinski definition) is 2. The Morgan fingerprint density at radius 2 is 2.14 bits per heavy atom. The van der Waals surface area contributed by atoms with E-state index in [1.807, 2.05) is 6.07 Å². The first-order chi connectivity index (χ1) is 6.63. The summed E-state index contributed by atoms with van der Waals surface area (Å²) in [6, 6.07) is 3.65. The van der Waals surface area contributed by atoms with Crippen LogP contribution < -0.4 is 11.3 Å². The molecule has 1 aromatic rings. The van der Waals surface area contributed by atoms with Crippen LogP contribution in [0.15, 0.2) is 16.5 Å². The highest BCUT2D eigenvalue weighted by molar-refractivity contribution is 6.28. The minimum Gasteiger partial charge on any atom is -0.448 e. The van der Waals surface area contributed by atoms with Gasteiger partial charge in [-0.1, -0.05) is 13.8 Å². The van der Waals surface area contributed by atoms with Crippen LogP contribution in [0, 0.1) is 5.92 Å². The van der Waals surface area contributed by atoms with Crippen LogP contribution >= 0.6 is 11.6 Å². The Morgan fingerprint density at radius 1 is 1.43 bits per heavy atom. The van der Waals surface area contributed by atoms with E-state index in [2.05, 4.69) is 19.3 Å². The van der Waals surface area contributed by atoms with Crippen molar-refractivity contribution < 1.29 is 4.42 Å². The first kappa shape index (κ1) is 11.6. The van der Waals surface area contributed by atoms with E-state index >= 15 is 0 Å². The molecule has 1 rings (SSSR count). The standard InChI is InChI=1S/C10H17ClN2O/c1-7(2)3-4-8(13-12)9-5-6-10(11)14-9/h5-8,13H,3-4,12H2,1-2H3. The van der Waals surface area contributed by atoms with Crippen molar-refractivity contribution in [3.05, 3.63) is 23.1 Å². The topological polar surface area (TPSA) is 51.2 Å². The number of hydrogen-bond acceptors (Lipinski definition) is 3. The van der Waals surface area contributed by atoms with Crippen molar-refractivity contribution in [1.82, 2.24) is 5.43 Å². The Hall–Kier alpha value is -0.510. The van der Waals surface area contributed by atoms with E-state index in [0.29, 0.717) is 11.1 Å². The van der Waals surface area contributed by atoms with Crippen LogP contribution in [0.3, 0.4) is 0 Å². The van der Waals surface area contributed by atoms with Crippen molar-refractivity contribution in [3.8, 4) is 0 Å². The predicted molar refractivity (Wildman–Crippen MR) is 57.9 cm³/mol. The third-order valence-corrected chi connectivity index (χ3v) is 2.37. The molecule has 0 bridgehead atoms. The maximum atomic E-state index is 5.69. The molecule has 1 heterocycles. The molecule has 0 saturated carbocycles. The summed E-state index contributed by atoms with van der Waals surface area (Å²) in [6.45, 7) is 4.37. The van der Waals surface area contributed by atoms with E-state index in [0.717, 1.165) is 18.6 Å². The molecule has 3 N–H and O–H groups in total. The van der Waals surface area contributed by atoms with Crippen molar-refractivity contribution >= 4 is 11.6 Å². The molecule has 0 aliphatic heterocycles. The molecule has 0 aliphatic carbocycles. The zero-order chi connectivity index (χ0) is 10.6. The van der Waals surface area contributed by atoms with Gasteiger partial charge in [-0.3, -0.25) is 5.84 Å². The van der Waals surface area contributed by atoms with Gasteiger partial charge >= 0.3 is 0 Å². The van der Waals surface area contributed by atoms with Gasteiger partial charge in [0, 0.05) is 0 Å². The van der Waals surface area contributed by atoms with Gasteiger partial charge in [-0.25, -0.2) is 5.43 Å². The first-order valence-corrected chi connectivity index (χ1v) is 5.22. The fourth-order valence-corrected chi connectivity index (χ4v) is 1.48. The lowest BCUT2D eigenvalue weighted by molar-refractivity contribution is 0.376. The third-order valence-electron chi connectivity index (χ3n) is 2.17. The molecule has 0 spiro atoms. The quantitative estimate of drug-likeness (QED) is 0.588. The summed E-state index contributed by atoms with van der Waals surface area (Å²) in [5, 5.41) is 0.407. The molecule has 3 nitrogen and oxygen atoms in total. The molecule has 0 aromatic carbocycles. The van der Waals surface area contributed by atoms with Crippen molar-refractivity contribution in [2.24, 2.45) is 11.8 Å². The van der Waals surface area contributed by atoms with E-state index in [1.165, 1.54) is 0 Å². The summed E-state index contributed by atoms with van der Waals surface area (Å²) < 4.78 is 5.29. The Kier molecular flexibility index (Phi) is 4.45. The summed E-state index contributed by atoms with van der Waals surface area (Å²) in [7, 11) is 0. The van der Waals surface area contributed by atoms with E-state index in [-0.39, 0.29) is 6.04 Å². The fraction of sp³-hybridized carbons (Fsp3) is 0.600. The second kappa shape index (κ2) is 5.39. The number of hydrazine groups is 1. The van der Waals surface area contributed by atoms with Gasteiger partial charge in [0.05, 0.1) is 6.04 Å². The lowest BCUT2D eigenvalue weighted by Gasteiger charge is -2.14. The van der Waals surface area contributed by atoms with Crippen molar-refractivity contribution in [2.45, 2.75) is 32.7 Å².